The van der Waals surface area contributed by atoms with Crippen LogP contribution in [-0.2, 0) is 17.6 Å². The highest BCUT2D eigenvalue weighted by atomic mass is 35.5. The highest BCUT2D eigenvalue weighted by molar-refractivity contribution is 6.30. The van der Waals surface area contributed by atoms with E-state index in [9.17, 15) is 4.79 Å². The van der Waals surface area contributed by atoms with Crippen LogP contribution in [0.4, 0.5) is 0 Å². The van der Waals surface area contributed by atoms with Crippen LogP contribution in [0.2, 0.25) is 5.02 Å². The summed E-state index contributed by atoms with van der Waals surface area (Å²) in [6.45, 7) is 3.11. The van der Waals surface area contributed by atoms with Crippen molar-refractivity contribution in [3.63, 3.8) is 0 Å². The maximum Gasteiger partial charge on any atom is 0.227 e. The Kier molecular flexibility index (Phi) is 7.03. The molecule has 0 bridgehead atoms. The lowest BCUT2D eigenvalue weighted by Gasteiger charge is -2.04. The number of hydrogen-bond acceptors (Lipinski definition) is 5. The van der Waals surface area contributed by atoms with Crippen LogP contribution in [0.5, 0.6) is 5.75 Å². The highest BCUT2D eigenvalue weighted by Gasteiger charge is 2.11. The van der Waals surface area contributed by atoms with Gasteiger partial charge in [0.15, 0.2) is 0 Å². The van der Waals surface area contributed by atoms with E-state index in [1.54, 1.807) is 0 Å². The Morgan fingerprint density at radius 1 is 1.18 bits per heavy atom. The molecule has 1 N–H and O–H groups in total. The predicted molar refractivity (Wildman–Crippen MR) is 107 cm³/mol. The number of carbonyl (C=O) groups excluding carboxylic acids is 1. The topological polar surface area (TPSA) is 77.2 Å². The van der Waals surface area contributed by atoms with E-state index in [0.717, 1.165) is 23.3 Å². The fraction of sp³-hybridized carbons (Fsp3) is 0.286. The highest BCUT2D eigenvalue weighted by Crippen LogP contribution is 2.20. The summed E-state index contributed by atoms with van der Waals surface area (Å²) in [5.41, 5.74) is 1.93. The SMILES string of the molecule is CCOc1ccc(-c2noc(CCC(=O)NCCc3cccc(Cl)c3)n2)cc1. The molecule has 6 nitrogen and oxygen atoms in total. The van der Waals surface area contributed by atoms with E-state index in [0.29, 0.717) is 42.7 Å². The Hall–Kier alpha value is -2.86. The first kappa shape index (κ1) is 19.9. The number of nitrogens with one attached hydrogen (secondary N) is 1. The molecule has 0 fully saturated rings. The Balaban J connectivity index is 1.44. The number of benzene rings is 2. The van der Waals surface area contributed by atoms with E-state index in [1.807, 2.05) is 55.5 Å². The molecule has 0 aliphatic carbocycles. The molecule has 1 heterocycles. The van der Waals surface area contributed by atoms with Gasteiger partial charge in [-0.25, -0.2) is 0 Å². The number of ether oxygens (including phenoxy) is 1. The van der Waals surface area contributed by atoms with Gasteiger partial charge in [0.2, 0.25) is 17.6 Å². The van der Waals surface area contributed by atoms with Gasteiger partial charge in [-0.05, 0) is 55.3 Å². The quantitative estimate of drug-likeness (QED) is 0.586. The van der Waals surface area contributed by atoms with Crippen LogP contribution >= 0.6 is 11.6 Å². The van der Waals surface area contributed by atoms with E-state index in [2.05, 4.69) is 15.5 Å². The minimum atomic E-state index is -0.0529. The molecule has 3 aromatic rings. The zero-order valence-electron chi connectivity index (χ0n) is 15.7. The van der Waals surface area contributed by atoms with Crippen LogP contribution < -0.4 is 10.1 Å². The van der Waals surface area contributed by atoms with Crippen molar-refractivity contribution in [2.24, 2.45) is 0 Å². The van der Waals surface area contributed by atoms with Crippen molar-refractivity contribution in [1.82, 2.24) is 15.5 Å². The fourth-order valence-electron chi connectivity index (χ4n) is 2.69. The third-order valence-corrected chi connectivity index (χ3v) is 4.32. The van der Waals surface area contributed by atoms with Crippen LogP contribution in [0.3, 0.4) is 0 Å². The molecule has 1 aromatic heterocycles. The van der Waals surface area contributed by atoms with Gasteiger partial charge in [0.1, 0.15) is 5.75 Å². The monoisotopic (exact) mass is 399 g/mol. The first-order valence-corrected chi connectivity index (χ1v) is 9.59. The predicted octanol–water partition coefficient (Wildman–Crippen LogP) is 4.08. The molecular weight excluding hydrogens is 378 g/mol. The second-order valence-corrected chi connectivity index (χ2v) is 6.64. The van der Waals surface area contributed by atoms with Crippen LogP contribution in [0.25, 0.3) is 11.4 Å². The summed E-state index contributed by atoms with van der Waals surface area (Å²) in [6.07, 6.45) is 1.42. The molecule has 0 aliphatic heterocycles. The van der Waals surface area contributed by atoms with Crippen LogP contribution in [0.1, 0.15) is 24.8 Å². The van der Waals surface area contributed by atoms with E-state index in [1.165, 1.54) is 0 Å². The minimum absolute atomic E-state index is 0.0529. The van der Waals surface area contributed by atoms with E-state index < -0.39 is 0 Å². The molecule has 0 unspecified atom stereocenters. The van der Waals surface area contributed by atoms with Crippen molar-refractivity contribution in [2.75, 3.05) is 13.2 Å². The van der Waals surface area contributed by atoms with Gasteiger partial charge < -0.3 is 14.6 Å². The summed E-state index contributed by atoms with van der Waals surface area (Å²) in [5.74, 6) is 1.68. The van der Waals surface area contributed by atoms with Crippen molar-refractivity contribution in [3.8, 4) is 17.1 Å². The molecule has 2 aromatic carbocycles. The molecule has 3 rings (SSSR count). The summed E-state index contributed by atoms with van der Waals surface area (Å²) in [7, 11) is 0. The maximum absolute atomic E-state index is 12.0. The van der Waals surface area contributed by atoms with Crippen molar-refractivity contribution in [2.45, 2.75) is 26.2 Å². The lowest BCUT2D eigenvalue weighted by molar-refractivity contribution is -0.121. The standard InChI is InChI=1S/C21H22ClN3O3/c1-2-27-18-8-6-16(7-9-18)21-24-20(28-25-21)11-10-19(26)23-13-12-15-4-3-5-17(22)14-15/h3-9,14H,2,10-13H2,1H3,(H,23,26). The molecule has 0 atom stereocenters. The number of amides is 1. The molecule has 0 spiro atoms. The number of halogens is 1. The average Bonchev–Trinajstić information content (AvgIpc) is 3.16. The van der Waals surface area contributed by atoms with Gasteiger partial charge in [-0.15, -0.1) is 0 Å². The fourth-order valence-corrected chi connectivity index (χ4v) is 2.90. The first-order valence-electron chi connectivity index (χ1n) is 9.21. The molecule has 1 amide bonds. The number of carbonyl (C=O) groups is 1. The van der Waals surface area contributed by atoms with Crippen LogP contribution in [0.15, 0.2) is 53.1 Å². The van der Waals surface area contributed by atoms with Gasteiger partial charge >= 0.3 is 0 Å². The zero-order valence-corrected chi connectivity index (χ0v) is 16.4. The Morgan fingerprint density at radius 2 is 2.00 bits per heavy atom. The van der Waals surface area contributed by atoms with Crippen molar-refractivity contribution in [3.05, 3.63) is 65.0 Å². The van der Waals surface area contributed by atoms with Crippen LogP contribution in [0, 0.1) is 0 Å². The molecule has 0 saturated heterocycles. The summed E-state index contributed by atoms with van der Waals surface area (Å²) < 4.78 is 10.7. The summed E-state index contributed by atoms with van der Waals surface area (Å²) in [4.78, 5) is 16.4. The van der Waals surface area contributed by atoms with Gasteiger partial charge in [0.25, 0.3) is 0 Å². The van der Waals surface area contributed by atoms with Crippen LogP contribution in [-0.4, -0.2) is 29.2 Å². The minimum Gasteiger partial charge on any atom is -0.494 e. The Labute approximate surface area is 168 Å². The van der Waals surface area contributed by atoms with Gasteiger partial charge in [-0.1, -0.05) is 28.9 Å². The van der Waals surface area contributed by atoms with Gasteiger partial charge in [0, 0.05) is 30.0 Å². The maximum atomic E-state index is 12.0. The Bertz CT molecular complexity index is 909. The van der Waals surface area contributed by atoms with Crippen molar-refractivity contribution < 1.29 is 14.1 Å². The lowest BCUT2D eigenvalue weighted by Crippen LogP contribution is -2.25. The first-order chi connectivity index (χ1) is 13.6. The summed E-state index contributed by atoms with van der Waals surface area (Å²) in [5, 5.41) is 7.57. The van der Waals surface area contributed by atoms with Crippen molar-refractivity contribution >= 4 is 17.5 Å². The summed E-state index contributed by atoms with van der Waals surface area (Å²) in [6, 6.07) is 15.1. The van der Waals surface area contributed by atoms with E-state index in [-0.39, 0.29) is 5.91 Å². The molecular formula is C21H22ClN3O3. The molecule has 146 valence electrons. The number of hydrogen-bond donors (Lipinski definition) is 1. The summed E-state index contributed by atoms with van der Waals surface area (Å²) >= 11 is 5.96. The number of aryl methyl sites for hydroxylation is 1. The number of nitrogens with zero attached hydrogens (tertiary/aromatic N) is 2. The molecule has 0 aliphatic rings. The Morgan fingerprint density at radius 3 is 2.75 bits per heavy atom. The third-order valence-electron chi connectivity index (χ3n) is 4.08. The number of rotatable bonds is 9. The molecule has 0 radical (unpaired) electrons. The normalized spacial score (nSPS) is 10.6. The molecule has 28 heavy (non-hydrogen) atoms. The van der Waals surface area contributed by atoms with E-state index >= 15 is 0 Å². The largest absolute Gasteiger partial charge is 0.494 e. The molecule has 0 saturated carbocycles. The zero-order chi connectivity index (χ0) is 19.8. The van der Waals surface area contributed by atoms with E-state index in [4.69, 9.17) is 20.9 Å². The van der Waals surface area contributed by atoms with Gasteiger partial charge in [-0.3, -0.25) is 4.79 Å². The van der Waals surface area contributed by atoms with Crippen molar-refractivity contribution in [1.29, 1.82) is 0 Å². The average molecular weight is 400 g/mol. The second-order valence-electron chi connectivity index (χ2n) is 6.20. The third kappa shape index (κ3) is 5.82. The number of aromatic nitrogens is 2. The van der Waals surface area contributed by atoms with Gasteiger partial charge in [0.05, 0.1) is 6.61 Å². The molecule has 7 heteroatoms. The second kappa shape index (κ2) is 9.90. The van der Waals surface area contributed by atoms with Gasteiger partial charge in [-0.2, -0.15) is 4.98 Å². The lowest BCUT2D eigenvalue weighted by atomic mass is 10.1. The smallest absolute Gasteiger partial charge is 0.227 e.